The van der Waals surface area contributed by atoms with Crippen LogP contribution in [0.3, 0.4) is 0 Å². The Balaban J connectivity index is 2.52. The van der Waals surface area contributed by atoms with Gasteiger partial charge in [-0.1, -0.05) is 35.8 Å². The van der Waals surface area contributed by atoms with Gasteiger partial charge in [0.25, 0.3) is 0 Å². The maximum Gasteiger partial charge on any atom is 0.129 e. The Hall–Kier alpha value is -0.440. The van der Waals surface area contributed by atoms with Crippen LogP contribution >= 0.6 is 15.9 Å². The molecule has 0 N–H and O–H groups in total. The third kappa shape index (κ3) is 4.60. The van der Waals surface area contributed by atoms with E-state index in [-0.39, 0.29) is 4.83 Å². The Morgan fingerprint density at radius 3 is 2.44 bits per heavy atom. The van der Waals surface area contributed by atoms with Gasteiger partial charge in [-0.05, 0) is 36.8 Å². The molecule has 1 aromatic carbocycles. The lowest BCUT2D eigenvalue weighted by Gasteiger charge is -2.12. The van der Waals surface area contributed by atoms with Crippen LogP contribution in [0.1, 0.15) is 32.3 Å². The van der Waals surface area contributed by atoms with Gasteiger partial charge < -0.3 is 0 Å². The van der Waals surface area contributed by atoms with Gasteiger partial charge in [0.2, 0.25) is 0 Å². The van der Waals surface area contributed by atoms with Crippen molar-refractivity contribution in [3.63, 3.8) is 0 Å². The molecule has 90 valence electrons. The zero-order valence-corrected chi connectivity index (χ0v) is 11.2. The minimum absolute atomic E-state index is 0.259. The topological polar surface area (TPSA) is 0 Å². The lowest BCUT2D eigenvalue weighted by atomic mass is 10.0. The SMILES string of the molecule is CC(C)CCC(Br)Cc1ccc(F)cc1F. The Bertz CT molecular complexity index is 337. The van der Waals surface area contributed by atoms with E-state index in [0.717, 1.165) is 18.9 Å². The summed E-state index contributed by atoms with van der Waals surface area (Å²) >= 11 is 3.54. The van der Waals surface area contributed by atoms with Crippen molar-refractivity contribution in [2.75, 3.05) is 0 Å². The Morgan fingerprint density at radius 2 is 1.88 bits per heavy atom. The molecule has 1 rings (SSSR count). The molecular formula is C13H17BrF2. The van der Waals surface area contributed by atoms with Crippen molar-refractivity contribution < 1.29 is 8.78 Å². The molecule has 0 bridgehead atoms. The lowest BCUT2D eigenvalue weighted by Crippen LogP contribution is -2.06. The second-order valence-electron chi connectivity index (χ2n) is 4.51. The Kier molecular flexibility index (Phi) is 5.39. The fraction of sp³-hybridized carbons (Fsp3) is 0.538. The first-order valence-electron chi connectivity index (χ1n) is 5.57. The molecule has 0 radical (unpaired) electrons. The number of alkyl halides is 1. The quantitative estimate of drug-likeness (QED) is 0.689. The van der Waals surface area contributed by atoms with Crippen LogP contribution in [0.2, 0.25) is 0 Å². The molecule has 3 heteroatoms. The summed E-state index contributed by atoms with van der Waals surface area (Å²) in [6, 6.07) is 3.77. The average molecular weight is 291 g/mol. The van der Waals surface area contributed by atoms with E-state index in [2.05, 4.69) is 29.8 Å². The molecule has 0 nitrogen and oxygen atoms in total. The first-order valence-corrected chi connectivity index (χ1v) is 6.48. The van der Waals surface area contributed by atoms with Crippen molar-refractivity contribution in [1.82, 2.24) is 0 Å². The number of hydrogen-bond acceptors (Lipinski definition) is 0. The van der Waals surface area contributed by atoms with Gasteiger partial charge in [0.05, 0.1) is 0 Å². The van der Waals surface area contributed by atoms with Gasteiger partial charge in [-0.15, -0.1) is 0 Å². The smallest absolute Gasteiger partial charge is 0.129 e. The van der Waals surface area contributed by atoms with Crippen molar-refractivity contribution in [1.29, 1.82) is 0 Å². The van der Waals surface area contributed by atoms with Gasteiger partial charge in [0.1, 0.15) is 11.6 Å². The minimum atomic E-state index is -0.519. The predicted octanol–water partition coefficient (Wildman–Crippen LogP) is 4.71. The number of benzene rings is 1. The van der Waals surface area contributed by atoms with Crippen molar-refractivity contribution in [3.05, 3.63) is 35.4 Å². The van der Waals surface area contributed by atoms with E-state index >= 15 is 0 Å². The van der Waals surface area contributed by atoms with Crippen LogP contribution < -0.4 is 0 Å². The first kappa shape index (κ1) is 13.6. The zero-order chi connectivity index (χ0) is 12.1. The molecule has 0 aliphatic carbocycles. The van der Waals surface area contributed by atoms with Crippen molar-refractivity contribution >= 4 is 15.9 Å². The summed E-state index contributed by atoms with van der Waals surface area (Å²) in [5.41, 5.74) is 0.576. The molecule has 0 fully saturated rings. The molecule has 0 aliphatic rings. The highest BCUT2D eigenvalue weighted by molar-refractivity contribution is 9.09. The van der Waals surface area contributed by atoms with Crippen LogP contribution in [0.15, 0.2) is 18.2 Å². The van der Waals surface area contributed by atoms with Gasteiger partial charge in [0, 0.05) is 10.9 Å². The third-order valence-electron chi connectivity index (χ3n) is 2.51. The van der Waals surface area contributed by atoms with E-state index in [4.69, 9.17) is 0 Å². The molecule has 1 atom stereocenters. The second kappa shape index (κ2) is 6.33. The van der Waals surface area contributed by atoms with Crippen molar-refractivity contribution in [2.45, 2.75) is 37.9 Å². The summed E-state index contributed by atoms with van der Waals surface area (Å²) in [5.74, 6) is -0.318. The molecule has 1 unspecified atom stereocenters. The maximum atomic E-state index is 13.3. The minimum Gasteiger partial charge on any atom is -0.207 e. The summed E-state index contributed by atoms with van der Waals surface area (Å²) in [4.78, 5) is 0.259. The fourth-order valence-electron chi connectivity index (χ4n) is 1.54. The van der Waals surface area contributed by atoms with Gasteiger partial charge in [0.15, 0.2) is 0 Å². The highest BCUT2D eigenvalue weighted by Crippen LogP contribution is 2.20. The van der Waals surface area contributed by atoms with Crippen LogP contribution in [0, 0.1) is 17.6 Å². The monoisotopic (exact) mass is 290 g/mol. The standard InChI is InChI=1S/C13H17BrF2/c1-9(2)3-5-11(14)7-10-4-6-12(15)8-13(10)16/h4,6,8-9,11H,3,5,7H2,1-2H3. The highest BCUT2D eigenvalue weighted by atomic mass is 79.9. The van der Waals surface area contributed by atoms with Gasteiger partial charge in [-0.2, -0.15) is 0 Å². The first-order chi connectivity index (χ1) is 7.49. The molecule has 0 heterocycles. The molecule has 16 heavy (non-hydrogen) atoms. The average Bonchev–Trinajstić information content (AvgIpc) is 2.19. The summed E-state index contributed by atoms with van der Waals surface area (Å²) in [6.45, 7) is 4.33. The van der Waals surface area contributed by atoms with E-state index < -0.39 is 11.6 Å². The molecule has 0 spiro atoms. The van der Waals surface area contributed by atoms with Crippen molar-refractivity contribution in [2.24, 2.45) is 5.92 Å². The van der Waals surface area contributed by atoms with Crippen molar-refractivity contribution in [3.8, 4) is 0 Å². The van der Waals surface area contributed by atoms with E-state index in [1.54, 1.807) is 0 Å². The van der Waals surface area contributed by atoms with Gasteiger partial charge in [-0.25, -0.2) is 8.78 Å². The molecule has 0 amide bonds. The summed E-state index contributed by atoms with van der Waals surface area (Å²) in [7, 11) is 0. The summed E-state index contributed by atoms with van der Waals surface area (Å²) in [5, 5.41) is 0. The van der Waals surface area contributed by atoms with Crippen LogP contribution in [-0.2, 0) is 6.42 Å². The van der Waals surface area contributed by atoms with Gasteiger partial charge in [-0.3, -0.25) is 0 Å². The Labute approximate surface area is 104 Å². The number of hydrogen-bond donors (Lipinski definition) is 0. The molecule has 0 saturated heterocycles. The number of halogens is 3. The maximum absolute atomic E-state index is 13.3. The molecule has 0 aromatic heterocycles. The third-order valence-corrected chi connectivity index (χ3v) is 3.30. The summed E-state index contributed by atoms with van der Waals surface area (Å²) < 4.78 is 26.0. The predicted molar refractivity (Wildman–Crippen MR) is 66.8 cm³/mol. The fourth-order valence-corrected chi connectivity index (χ4v) is 2.16. The Morgan fingerprint density at radius 1 is 1.19 bits per heavy atom. The second-order valence-corrected chi connectivity index (χ2v) is 5.80. The van der Waals surface area contributed by atoms with E-state index in [1.165, 1.54) is 12.1 Å². The number of rotatable bonds is 5. The summed E-state index contributed by atoms with van der Waals surface area (Å²) in [6.07, 6.45) is 2.73. The van der Waals surface area contributed by atoms with E-state index in [1.807, 2.05) is 0 Å². The molecular weight excluding hydrogens is 274 g/mol. The molecule has 0 saturated carbocycles. The van der Waals surface area contributed by atoms with Crippen LogP contribution in [0.5, 0.6) is 0 Å². The normalized spacial score (nSPS) is 13.1. The largest absolute Gasteiger partial charge is 0.207 e. The van der Waals surface area contributed by atoms with Crippen LogP contribution in [0.25, 0.3) is 0 Å². The highest BCUT2D eigenvalue weighted by Gasteiger charge is 2.10. The van der Waals surface area contributed by atoms with E-state index in [9.17, 15) is 8.78 Å². The molecule has 1 aromatic rings. The van der Waals surface area contributed by atoms with Gasteiger partial charge >= 0.3 is 0 Å². The molecule has 0 aliphatic heterocycles. The van der Waals surface area contributed by atoms with Crippen LogP contribution in [-0.4, -0.2) is 4.83 Å². The van der Waals surface area contributed by atoms with E-state index in [0.29, 0.717) is 17.9 Å². The van der Waals surface area contributed by atoms with Crippen LogP contribution in [0.4, 0.5) is 8.78 Å². The lowest BCUT2D eigenvalue weighted by molar-refractivity contribution is 0.537. The zero-order valence-electron chi connectivity index (χ0n) is 9.64.